The maximum Gasteiger partial charge on any atom is 0.253 e. The van der Waals surface area contributed by atoms with Crippen molar-refractivity contribution in [3.8, 4) is 5.75 Å². The Morgan fingerprint density at radius 1 is 0.963 bits per heavy atom. The highest BCUT2D eigenvalue weighted by atomic mass is 32.2. The molecule has 3 rings (SSSR count). The molecule has 0 aliphatic carbocycles. The van der Waals surface area contributed by atoms with Crippen LogP contribution in [-0.4, -0.2) is 39.6 Å². The summed E-state index contributed by atoms with van der Waals surface area (Å²) in [6.45, 7) is 0.453. The van der Waals surface area contributed by atoms with Crippen molar-refractivity contribution in [1.82, 2.24) is 4.90 Å². The van der Waals surface area contributed by atoms with Crippen LogP contribution >= 0.6 is 0 Å². The van der Waals surface area contributed by atoms with Gasteiger partial charge in [-0.3, -0.25) is 4.79 Å². The lowest BCUT2D eigenvalue weighted by molar-refractivity contribution is 0.0785. The number of sulfone groups is 1. The van der Waals surface area contributed by atoms with Gasteiger partial charge in [-0.1, -0.05) is 18.2 Å². The molecule has 5 nitrogen and oxygen atoms in total. The van der Waals surface area contributed by atoms with Crippen LogP contribution < -0.4 is 4.74 Å². The second-order valence-electron chi connectivity index (χ2n) is 6.51. The number of methoxy groups -OCH3 is 1. The van der Waals surface area contributed by atoms with Crippen molar-refractivity contribution in [1.29, 1.82) is 0 Å². The zero-order valence-electron chi connectivity index (χ0n) is 15.5. The predicted molar refractivity (Wildman–Crippen MR) is 106 cm³/mol. The van der Waals surface area contributed by atoms with E-state index in [-0.39, 0.29) is 10.8 Å². The molecule has 0 heterocycles. The van der Waals surface area contributed by atoms with Gasteiger partial charge in [0.05, 0.1) is 12.0 Å². The van der Waals surface area contributed by atoms with Gasteiger partial charge >= 0.3 is 0 Å². The molecule has 0 bridgehead atoms. The molecule has 0 saturated heterocycles. The standard InChI is InChI=1S/C21H21NO4S/c1-22(21(23)16-7-10-20(11-8-16)27(3,24)25)14-15-4-5-18-13-19(26-2)9-6-17(18)12-15/h4-13H,14H2,1-3H3. The first-order chi connectivity index (χ1) is 12.8. The molecule has 0 aliphatic heterocycles. The van der Waals surface area contributed by atoms with Gasteiger partial charge in [0, 0.05) is 25.4 Å². The number of amides is 1. The lowest BCUT2D eigenvalue weighted by atomic mass is 10.1. The minimum atomic E-state index is -3.27. The van der Waals surface area contributed by atoms with Crippen LogP contribution in [0.2, 0.25) is 0 Å². The number of carbonyl (C=O) groups is 1. The summed E-state index contributed by atoms with van der Waals surface area (Å²) in [6, 6.07) is 17.9. The highest BCUT2D eigenvalue weighted by molar-refractivity contribution is 7.90. The van der Waals surface area contributed by atoms with Gasteiger partial charge in [-0.15, -0.1) is 0 Å². The molecule has 0 atom stereocenters. The van der Waals surface area contributed by atoms with E-state index < -0.39 is 9.84 Å². The normalized spacial score (nSPS) is 11.4. The summed E-state index contributed by atoms with van der Waals surface area (Å²) in [5.74, 6) is 0.643. The van der Waals surface area contributed by atoms with E-state index in [1.165, 1.54) is 12.1 Å². The fourth-order valence-electron chi connectivity index (χ4n) is 2.91. The number of carbonyl (C=O) groups excluding carboxylic acids is 1. The molecule has 0 radical (unpaired) electrons. The van der Waals surface area contributed by atoms with E-state index in [4.69, 9.17) is 4.74 Å². The van der Waals surface area contributed by atoms with Crippen molar-refractivity contribution in [2.45, 2.75) is 11.4 Å². The predicted octanol–water partition coefficient (Wildman–Crippen LogP) is 3.52. The quantitative estimate of drug-likeness (QED) is 0.676. The molecular weight excluding hydrogens is 362 g/mol. The second-order valence-corrected chi connectivity index (χ2v) is 8.52. The summed E-state index contributed by atoms with van der Waals surface area (Å²) >= 11 is 0. The Morgan fingerprint density at radius 3 is 2.22 bits per heavy atom. The van der Waals surface area contributed by atoms with Gasteiger partial charge in [-0.2, -0.15) is 0 Å². The topological polar surface area (TPSA) is 63.7 Å². The molecule has 1 amide bonds. The summed E-state index contributed by atoms with van der Waals surface area (Å²) in [5, 5.41) is 2.15. The molecule has 0 saturated carbocycles. The van der Waals surface area contributed by atoms with E-state index in [1.54, 1.807) is 31.2 Å². The molecule has 0 spiro atoms. The van der Waals surface area contributed by atoms with E-state index in [0.29, 0.717) is 12.1 Å². The molecule has 0 fully saturated rings. The van der Waals surface area contributed by atoms with Crippen LogP contribution in [0.1, 0.15) is 15.9 Å². The Hall–Kier alpha value is -2.86. The molecule has 0 aliphatic rings. The molecular formula is C21H21NO4S. The Labute approximate surface area is 159 Å². The fraction of sp³-hybridized carbons (Fsp3) is 0.190. The van der Waals surface area contributed by atoms with Crippen LogP contribution in [0.15, 0.2) is 65.6 Å². The lowest BCUT2D eigenvalue weighted by Gasteiger charge is -2.18. The van der Waals surface area contributed by atoms with Crippen molar-refractivity contribution in [2.75, 3.05) is 20.4 Å². The molecule has 3 aromatic rings. The van der Waals surface area contributed by atoms with E-state index in [0.717, 1.165) is 28.3 Å². The van der Waals surface area contributed by atoms with E-state index in [9.17, 15) is 13.2 Å². The summed E-state index contributed by atoms with van der Waals surface area (Å²) in [4.78, 5) is 14.4. The maximum absolute atomic E-state index is 12.6. The van der Waals surface area contributed by atoms with E-state index in [1.807, 2.05) is 36.4 Å². The number of nitrogens with zero attached hydrogens (tertiary/aromatic N) is 1. The van der Waals surface area contributed by atoms with Crippen LogP contribution in [0, 0.1) is 0 Å². The third-order valence-electron chi connectivity index (χ3n) is 4.41. The Balaban J connectivity index is 1.77. The van der Waals surface area contributed by atoms with Gasteiger partial charge in [-0.25, -0.2) is 8.42 Å². The largest absolute Gasteiger partial charge is 0.497 e. The van der Waals surface area contributed by atoms with E-state index in [2.05, 4.69) is 0 Å². The number of ether oxygens (including phenoxy) is 1. The SMILES string of the molecule is COc1ccc2cc(CN(C)C(=O)c3ccc(S(C)(=O)=O)cc3)ccc2c1. The zero-order valence-corrected chi connectivity index (χ0v) is 16.3. The highest BCUT2D eigenvalue weighted by Gasteiger charge is 2.14. The Kier molecular flexibility index (Phi) is 5.19. The molecule has 27 heavy (non-hydrogen) atoms. The molecule has 0 aromatic heterocycles. The van der Waals surface area contributed by atoms with Crippen molar-refractivity contribution in [2.24, 2.45) is 0 Å². The van der Waals surface area contributed by atoms with Gasteiger partial charge in [0.15, 0.2) is 9.84 Å². The first kappa shape index (κ1) is 18.9. The average molecular weight is 383 g/mol. The Morgan fingerprint density at radius 2 is 1.59 bits per heavy atom. The van der Waals surface area contributed by atoms with Crippen molar-refractivity contribution in [3.05, 3.63) is 71.8 Å². The molecule has 3 aromatic carbocycles. The summed E-state index contributed by atoms with van der Waals surface area (Å²) in [7, 11) is 0.0909. The third kappa shape index (κ3) is 4.28. The van der Waals surface area contributed by atoms with Gasteiger partial charge in [0.1, 0.15) is 5.75 Å². The monoisotopic (exact) mass is 383 g/mol. The third-order valence-corrected chi connectivity index (χ3v) is 5.54. The Bertz CT molecular complexity index is 1090. The number of rotatable bonds is 5. The first-order valence-corrected chi connectivity index (χ1v) is 10.3. The lowest BCUT2D eigenvalue weighted by Crippen LogP contribution is -2.26. The maximum atomic E-state index is 12.6. The van der Waals surface area contributed by atoms with E-state index >= 15 is 0 Å². The highest BCUT2D eigenvalue weighted by Crippen LogP contribution is 2.22. The van der Waals surface area contributed by atoms with Gasteiger partial charge in [0.2, 0.25) is 0 Å². The van der Waals surface area contributed by atoms with Crippen molar-refractivity contribution < 1.29 is 17.9 Å². The molecule has 0 N–H and O–H groups in total. The number of hydrogen-bond acceptors (Lipinski definition) is 4. The van der Waals surface area contributed by atoms with Crippen molar-refractivity contribution >= 4 is 26.5 Å². The number of fused-ring (bicyclic) bond motifs is 1. The fourth-order valence-corrected chi connectivity index (χ4v) is 3.54. The van der Waals surface area contributed by atoms with Gasteiger partial charge in [-0.05, 0) is 58.8 Å². The minimum absolute atomic E-state index is 0.162. The molecule has 6 heteroatoms. The number of hydrogen-bond donors (Lipinski definition) is 0. The average Bonchev–Trinajstić information content (AvgIpc) is 2.66. The first-order valence-electron chi connectivity index (χ1n) is 8.40. The molecule has 0 unspecified atom stereocenters. The molecule has 140 valence electrons. The van der Waals surface area contributed by atoms with Gasteiger partial charge < -0.3 is 9.64 Å². The van der Waals surface area contributed by atoms with Crippen LogP contribution in [0.3, 0.4) is 0 Å². The van der Waals surface area contributed by atoms with Crippen LogP contribution in [0.5, 0.6) is 5.75 Å². The summed E-state index contributed by atoms with van der Waals surface area (Å²) in [6.07, 6.45) is 1.14. The van der Waals surface area contributed by atoms with Crippen LogP contribution in [0.4, 0.5) is 0 Å². The second kappa shape index (κ2) is 7.40. The summed E-state index contributed by atoms with van der Waals surface area (Å²) < 4.78 is 28.3. The summed E-state index contributed by atoms with van der Waals surface area (Å²) in [5.41, 5.74) is 1.46. The number of benzene rings is 3. The van der Waals surface area contributed by atoms with Gasteiger partial charge in [0.25, 0.3) is 5.91 Å². The van der Waals surface area contributed by atoms with Crippen molar-refractivity contribution in [3.63, 3.8) is 0 Å². The smallest absolute Gasteiger partial charge is 0.253 e. The minimum Gasteiger partial charge on any atom is -0.497 e. The van der Waals surface area contributed by atoms with Crippen LogP contribution in [0.25, 0.3) is 10.8 Å². The van der Waals surface area contributed by atoms with Crippen LogP contribution in [-0.2, 0) is 16.4 Å². The zero-order chi connectivity index (χ0) is 19.6.